The van der Waals surface area contributed by atoms with Crippen LogP contribution in [0.3, 0.4) is 0 Å². The van der Waals surface area contributed by atoms with Gasteiger partial charge in [-0.05, 0) is 36.5 Å². The summed E-state index contributed by atoms with van der Waals surface area (Å²) in [5, 5.41) is 12.7. The molecule has 4 aromatic rings. The van der Waals surface area contributed by atoms with Crippen molar-refractivity contribution in [1.29, 1.82) is 0 Å². The van der Waals surface area contributed by atoms with Crippen LogP contribution in [0.2, 0.25) is 0 Å². The normalized spacial score (nSPS) is 12.2. The molecule has 2 N–H and O–H groups in total. The van der Waals surface area contributed by atoms with Crippen LogP contribution in [0, 0.1) is 6.92 Å². The molecule has 8 nitrogen and oxygen atoms in total. The Hall–Kier alpha value is -3.70. The first kappa shape index (κ1) is 30.3. The zero-order chi connectivity index (χ0) is 29.4. The smallest absolute Gasteiger partial charge is 0.283 e. The molecule has 1 atom stereocenters. The van der Waals surface area contributed by atoms with Crippen LogP contribution >= 0.6 is 11.3 Å². The predicted molar refractivity (Wildman–Crippen MR) is 162 cm³/mol. The van der Waals surface area contributed by atoms with Crippen LogP contribution in [-0.2, 0) is 34.5 Å². The van der Waals surface area contributed by atoms with Gasteiger partial charge in [0.05, 0.1) is 6.54 Å². The van der Waals surface area contributed by atoms with E-state index in [0.717, 1.165) is 12.0 Å². The summed E-state index contributed by atoms with van der Waals surface area (Å²) in [4.78, 5) is 33.9. The number of thiazole rings is 1. The minimum atomic E-state index is -1.93. The molecule has 0 aliphatic rings. The molecule has 1 unspecified atom stereocenters. The van der Waals surface area contributed by atoms with E-state index in [-0.39, 0.29) is 12.2 Å². The van der Waals surface area contributed by atoms with Crippen molar-refractivity contribution in [3.8, 4) is 0 Å². The summed E-state index contributed by atoms with van der Waals surface area (Å²) in [5.74, 6) is -1.03. The van der Waals surface area contributed by atoms with Crippen LogP contribution in [0.25, 0.3) is 0 Å². The summed E-state index contributed by atoms with van der Waals surface area (Å²) >= 11 is -0.399. The quantitative estimate of drug-likeness (QED) is 0.257. The first-order valence-corrected chi connectivity index (χ1v) is 15.2. The van der Waals surface area contributed by atoms with Crippen molar-refractivity contribution in [2.75, 3.05) is 20.6 Å². The Labute approximate surface area is 247 Å². The zero-order valence-electron chi connectivity index (χ0n) is 23.3. The average molecular weight is 591 g/mol. The Bertz CT molecular complexity index is 1440. The van der Waals surface area contributed by atoms with Gasteiger partial charge >= 0.3 is 0 Å². The van der Waals surface area contributed by atoms with Crippen molar-refractivity contribution in [2.45, 2.75) is 31.9 Å². The van der Waals surface area contributed by atoms with E-state index in [0.29, 0.717) is 34.0 Å². The van der Waals surface area contributed by atoms with Gasteiger partial charge in [-0.15, -0.1) is 11.3 Å². The lowest BCUT2D eigenvalue weighted by Crippen LogP contribution is -2.48. The van der Waals surface area contributed by atoms with Crippen LogP contribution in [0.5, 0.6) is 0 Å². The molecule has 0 bridgehead atoms. The van der Waals surface area contributed by atoms with E-state index in [2.05, 4.69) is 9.71 Å². The van der Waals surface area contributed by atoms with Crippen molar-refractivity contribution in [3.05, 3.63) is 123 Å². The lowest BCUT2D eigenvalue weighted by molar-refractivity contribution is -0.149. The molecule has 0 saturated carbocycles. The fraction of sp³-hybridized carbons (Fsp3) is 0.258. The van der Waals surface area contributed by atoms with E-state index in [1.165, 1.54) is 15.6 Å². The van der Waals surface area contributed by atoms with Gasteiger partial charge in [0.15, 0.2) is 16.8 Å². The van der Waals surface area contributed by atoms with E-state index in [9.17, 15) is 18.9 Å². The molecule has 0 spiro atoms. The zero-order valence-corrected chi connectivity index (χ0v) is 25.0. The highest BCUT2D eigenvalue weighted by Crippen LogP contribution is 2.33. The number of rotatable bonds is 12. The summed E-state index contributed by atoms with van der Waals surface area (Å²) < 4.78 is 15.9. The predicted octanol–water partition coefficient (Wildman–Crippen LogP) is 4.22. The summed E-state index contributed by atoms with van der Waals surface area (Å²) in [6, 6.07) is 27.8. The number of benzene rings is 3. The number of amides is 2. The molecule has 0 saturated heterocycles. The Balaban J connectivity index is 1.66. The molecule has 4 rings (SSSR count). The summed E-state index contributed by atoms with van der Waals surface area (Å²) in [6.07, 6.45) is 1.41. The largest absolute Gasteiger partial charge is 0.372 e. The van der Waals surface area contributed by atoms with Crippen molar-refractivity contribution in [3.63, 3.8) is 0 Å². The minimum absolute atomic E-state index is 0.102. The highest BCUT2D eigenvalue weighted by Gasteiger charge is 2.43. The fourth-order valence-corrected chi connectivity index (χ4v) is 5.87. The molecule has 0 radical (unpaired) electrons. The molecular weight excluding hydrogens is 556 g/mol. The van der Waals surface area contributed by atoms with Gasteiger partial charge < -0.3 is 10.0 Å². The molecule has 0 fully saturated rings. The lowest BCUT2D eigenvalue weighted by Gasteiger charge is -2.34. The average Bonchev–Trinajstić information content (AvgIpc) is 3.37. The Kier molecular flexibility index (Phi) is 10.2. The van der Waals surface area contributed by atoms with Gasteiger partial charge in [-0.25, -0.2) is 13.5 Å². The van der Waals surface area contributed by atoms with Gasteiger partial charge in [0.25, 0.3) is 11.8 Å². The molecule has 1 aromatic heterocycles. The third-order valence-electron chi connectivity index (χ3n) is 6.61. The van der Waals surface area contributed by atoms with Crippen LogP contribution in [0.1, 0.15) is 43.5 Å². The number of aliphatic hydroxyl groups is 1. The molecule has 10 heteroatoms. The standard InChI is InChI=1S/C31H34N4O4S2/c1-23-28(29(36)33-41(39)34(2)3)32-27(40-23)22-35(21-13-16-24-14-7-4-8-15-24)30(37)31(38,25-17-9-5-10-18-25)26-19-11-6-12-20-26/h4-12,14-15,17-20,38H,13,16,21-22H2,1-3H3,(H,33,36). The van der Waals surface area contributed by atoms with Gasteiger partial charge in [-0.3, -0.25) is 14.3 Å². The van der Waals surface area contributed by atoms with Gasteiger partial charge in [0.1, 0.15) is 10.7 Å². The maximum atomic E-state index is 14.4. The van der Waals surface area contributed by atoms with Crippen LogP contribution in [-0.4, -0.2) is 56.0 Å². The highest BCUT2D eigenvalue weighted by atomic mass is 32.2. The number of aromatic nitrogens is 1. The molecule has 214 valence electrons. The minimum Gasteiger partial charge on any atom is -0.372 e. The summed E-state index contributed by atoms with van der Waals surface area (Å²) in [5.41, 5.74) is 0.318. The number of hydrogen-bond donors (Lipinski definition) is 2. The number of carbonyl (C=O) groups excluding carboxylic acids is 2. The maximum Gasteiger partial charge on any atom is 0.283 e. The van der Waals surface area contributed by atoms with Crippen molar-refractivity contribution in [1.82, 2.24) is 18.9 Å². The molecule has 2 amide bonds. The summed E-state index contributed by atoms with van der Waals surface area (Å²) in [6.45, 7) is 2.23. The van der Waals surface area contributed by atoms with Crippen LogP contribution in [0.15, 0.2) is 91.0 Å². The number of carbonyl (C=O) groups is 2. The van der Waals surface area contributed by atoms with Crippen LogP contribution < -0.4 is 4.72 Å². The van der Waals surface area contributed by atoms with E-state index >= 15 is 0 Å². The third kappa shape index (κ3) is 7.34. The van der Waals surface area contributed by atoms with Crippen molar-refractivity contribution in [2.24, 2.45) is 0 Å². The van der Waals surface area contributed by atoms with E-state index < -0.39 is 28.6 Å². The topological polar surface area (TPSA) is 103 Å². The van der Waals surface area contributed by atoms with Gasteiger partial charge in [0.2, 0.25) is 0 Å². The molecule has 3 aromatic carbocycles. The Morgan fingerprint density at radius 2 is 1.46 bits per heavy atom. The lowest BCUT2D eigenvalue weighted by atomic mass is 9.85. The van der Waals surface area contributed by atoms with Gasteiger partial charge in [-0.2, -0.15) is 0 Å². The highest BCUT2D eigenvalue weighted by molar-refractivity contribution is 7.81. The summed E-state index contributed by atoms with van der Waals surface area (Å²) in [7, 11) is 3.19. The molecule has 0 aliphatic heterocycles. The maximum absolute atomic E-state index is 14.4. The van der Waals surface area contributed by atoms with Gasteiger partial charge in [0, 0.05) is 25.5 Å². The van der Waals surface area contributed by atoms with E-state index in [1.807, 2.05) is 42.5 Å². The van der Waals surface area contributed by atoms with Crippen molar-refractivity contribution >= 4 is 34.3 Å². The van der Waals surface area contributed by atoms with E-state index in [4.69, 9.17) is 0 Å². The van der Waals surface area contributed by atoms with Crippen molar-refractivity contribution < 1.29 is 18.9 Å². The number of aryl methyl sites for hydroxylation is 2. The Morgan fingerprint density at radius 1 is 0.927 bits per heavy atom. The second-order valence-electron chi connectivity index (χ2n) is 9.76. The second kappa shape index (κ2) is 13.8. The first-order chi connectivity index (χ1) is 19.7. The monoisotopic (exact) mass is 590 g/mol. The molecule has 41 heavy (non-hydrogen) atoms. The molecule has 1 heterocycles. The SMILES string of the molecule is Cc1sc(CN(CCCc2ccccc2)C(=O)C(O)(c2ccccc2)c2ccccc2)nc1C(=O)NS(=O)N(C)C. The van der Waals surface area contributed by atoms with E-state index in [1.54, 1.807) is 74.4 Å². The molecule has 0 aliphatic carbocycles. The number of nitrogens with zero attached hydrogens (tertiary/aromatic N) is 3. The number of hydrogen-bond acceptors (Lipinski definition) is 6. The number of nitrogens with one attached hydrogen (secondary N) is 1. The van der Waals surface area contributed by atoms with Crippen LogP contribution in [0.4, 0.5) is 0 Å². The third-order valence-corrected chi connectivity index (χ3v) is 8.59. The first-order valence-electron chi connectivity index (χ1n) is 13.2. The Morgan fingerprint density at radius 3 is 2.00 bits per heavy atom. The van der Waals surface area contributed by atoms with Gasteiger partial charge in [-0.1, -0.05) is 91.0 Å². The molecular formula is C31H34N4O4S2. The second-order valence-corrected chi connectivity index (χ2v) is 12.5. The fourth-order valence-electron chi connectivity index (χ4n) is 4.48.